The summed E-state index contributed by atoms with van der Waals surface area (Å²) in [5.41, 5.74) is 1.30. The van der Waals surface area contributed by atoms with E-state index in [0.29, 0.717) is 29.6 Å². The third kappa shape index (κ3) is 4.24. The summed E-state index contributed by atoms with van der Waals surface area (Å²) < 4.78 is 5.27. The standard InChI is InChI=1S/C19H18ClN3O3/c1-2-13-5-4-8-23(12-13)19(25)18(24)21-11-16-10-17(26-22-16)14-6-3-7-15(20)9-14/h1,3,6-7,9-10,13H,4-5,8,11-12H2,(H,21,24). The van der Waals surface area contributed by atoms with E-state index in [2.05, 4.69) is 16.4 Å². The number of terminal acetylenes is 1. The number of piperidine rings is 1. The first kappa shape index (κ1) is 18.0. The van der Waals surface area contributed by atoms with Gasteiger partial charge in [-0.05, 0) is 25.0 Å². The summed E-state index contributed by atoms with van der Waals surface area (Å²) >= 11 is 5.96. The Hall–Kier alpha value is -2.78. The van der Waals surface area contributed by atoms with Crippen molar-refractivity contribution in [3.05, 3.63) is 41.0 Å². The highest BCUT2D eigenvalue weighted by Gasteiger charge is 2.27. The number of nitrogens with one attached hydrogen (secondary N) is 1. The molecule has 2 amide bonds. The fourth-order valence-electron chi connectivity index (χ4n) is 2.86. The molecule has 1 aromatic carbocycles. The van der Waals surface area contributed by atoms with Crippen LogP contribution < -0.4 is 5.32 Å². The topological polar surface area (TPSA) is 75.4 Å². The van der Waals surface area contributed by atoms with Crippen molar-refractivity contribution in [2.24, 2.45) is 5.92 Å². The van der Waals surface area contributed by atoms with Crippen molar-refractivity contribution in [2.75, 3.05) is 13.1 Å². The highest BCUT2D eigenvalue weighted by Crippen LogP contribution is 2.23. The van der Waals surface area contributed by atoms with E-state index in [1.807, 2.05) is 12.1 Å². The number of hydrogen-bond donors (Lipinski definition) is 1. The number of amides is 2. The first-order valence-electron chi connectivity index (χ1n) is 8.31. The maximum absolute atomic E-state index is 12.2. The van der Waals surface area contributed by atoms with Gasteiger partial charge in [0.2, 0.25) is 0 Å². The number of nitrogens with zero attached hydrogens (tertiary/aromatic N) is 2. The molecule has 1 saturated heterocycles. The van der Waals surface area contributed by atoms with E-state index >= 15 is 0 Å². The fraction of sp³-hybridized carbons (Fsp3) is 0.316. The smallest absolute Gasteiger partial charge is 0.311 e. The second-order valence-corrected chi connectivity index (χ2v) is 6.57. The Morgan fingerprint density at radius 2 is 2.27 bits per heavy atom. The van der Waals surface area contributed by atoms with Gasteiger partial charge in [-0.3, -0.25) is 9.59 Å². The van der Waals surface area contributed by atoms with Gasteiger partial charge in [0.15, 0.2) is 5.76 Å². The SMILES string of the molecule is C#CC1CCCN(C(=O)C(=O)NCc2cc(-c3cccc(Cl)c3)on2)C1. The van der Waals surface area contributed by atoms with E-state index in [0.717, 1.165) is 18.4 Å². The normalized spacial score (nSPS) is 16.8. The maximum Gasteiger partial charge on any atom is 0.311 e. The lowest BCUT2D eigenvalue weighted by Gasteiger charge is -2.29. The molecule has 6 nitrogen and oxygen atoms in total. The van der Waals surface area contributed by atoms with Gasteiger partial charge in [0.1, 0.15) is 5.69 Å². The first-order chi connectivity index (χ1) is 12.6. The number of benzene rings is 1. The Morgan fingerprint density at radius 1 is 1.42 bits per heavy atom. The van der Waals surface area contributed by atoms with Crippen LogP contribution in [0.3, 0.4) is 0 Å². The molecule has 1 unspecified atom stereocenters. The number of carbonyl (C=O) groups excluding carboxylic acids is 2. The highest BCUT2D eigenvalue weighted by molar-refractivity contribution is 6.35. The average molecular weight is 372 g/mol. The third-order valence-corrected chi connectivity index (χ3v) is 4.47. The summed E-state index contributed by atoms with van der Waals surface area (Å²) in [5, 5.41) is 7.07. The van der Waals surface area contributed by atoms with Crippen molar-refractivity contribution in [1.82, 2.24) is 15.4 Å². The minimum atomic E-state index is -0.671. The summed E-state index contributed by atoms with van der Waals surface area (Å²) in [5.74, 6) is 1.96. The van der Waals surface area contributed by atoms with Gasteiger partial charge in [-0.25, -0.2) is 0 Å². The zero-order valence-electron chi connectivity index (χ0n) is 14.1. The molecule has 2 heterocycles. The van der Waals surface area contributed by atoms with E-state index in [9.17, 15) is 9.59 Å². The molecule has 0 aliphatic carbocycles. The van der Waals surface area contributed by atoms with Crippen LogP contribution in [-0.4, -0.2) is 35.0 Å². The molecule has 2 aromatic rings. The third-order valence-electron chi connectivity index (χ3n) is 4.24. The van der Waals surface area contributed by atoms with Crippen molar-refractivity contribution < 1.29 is 14.1 Å². The molecule has 3 rings (SSSR count). The highest BCUT2D eigenvalue weighted by atomic mass is 35.5. The molecule has 0 spiro atoms. The van der Waals surface area contributed by atoms with Crippen LogP contribution in [-0.2, 0) is 16.1 Å². The predicted octanol–water partition coefficient (Wildman–Crippen LogP) is 2.48. The van der Waals surface area contributed by atoms with Crippen LogP contribution in [0.5, 0.6) is 0 Å². The van der Waals surface area contributed by atoms with Crippen LogP contribution in [0.25, 0.3) is 11.3 Å². The molecule has 1 N–H and O–H groups in total. The van der Waals surface area contributed by atoms with E-state index in [-0.39, 0.29) is 12.5 Å². The van der Waals surface area contributed by atoms with Gasteiger partial charge in [0, 0.05) is 35.7 Å². The first-order valence-corrected chi connectivity index (χ1v) is 8.69. The number of rotatable bonds is 3. The zero-order valence-corrected chi connectivity index (χ0v) is 14.8. The molecule has 1 fully saturated rings. The maximum atomic E-state index is 12.2. The van der Waals surface area contributed by atoms with Gasteiger partial charge >= 0.3 is 11.8 Å². The second kappa shape index (κ2) is 8.07. The van der Waals surface area contributed by atoms with Gasteiger partial charge in [-0.1, -0.05) is 28.9 Å². The Bertz CT molecular complexity index is 856. The van der Waals surface area contributed by atoms with Gasteiger partial charge in [0.25, 0.3) is 0 Å². The average Bonchev–Trinajstić information content (AvgIpc) is 3.14. The van der Waals surface area contributed by atoms with Crippen LogP contribution in [0.15, 0.2) is 34.9 Å². The van der Waals surface area contributed by atoms with Crippen molar-refractivity contribution >= 4 is 23.4 Å². The number of hydrogen-bond acceptors (Lipinski definition) is 4. The van der Waals surface area contributed by atoms with Gasteiger partial charge < -0.3 is 14.7 Å². The largest absolute Gasteiger partial charge is 0.356 e. The molecule has 26 heavy (non-hydrogen) atoms. The van der Waals surface area contributed by atoms with Crippen LogP contribution in [0.1, 0.15) is 18.5 Å². The minimum Gasteiger partial charge on any atom is -0.356 e. The van der Waals surface area contributed by atoms with Crippen LogP contribution in [0.2, 0.25) is 5.02 Å². The Labute approximate surface area is 156 Å². The number of carbonyl (C=O) groups is 2. The molecule has 1 aliphatic rings. The summed E-state index contributed by atoms with van der Waals surface area (Å²) in [6.45, 7) is 1.07. The predicted molar refractivity (Wildman–Crippen MR) is 96.9 cm³/mol. The minimum absolute atomic E-state index is 0.0105. The van der Waals surface area contributed by atoms with Crippen molar-refractivity contribution in [2.45, 2.75) is 19.4 Å². The molecular weight excluding hydrogens is 354 g/mol. The fourth-order valence-corrected chi connectivity index (χ4v) is 3.05. The molecular formula is C19H18ClN3O3. The van der Waals surface area contributed by atoms with Crippen LogP contribution >= 0.6 is 11.6 Å². The van der Waals surface area contributed by atoms with Crippen molar-refractivity contribution in [1.29, 1.82) is 0 Å². The quantitative estimate of drug-likeness (QED) is 0.664. The Morgan fingerprint density at radius 3 is 3.04 bits per heavy atom. The van der Waals surface area contributed by atoms with Gasteiger partial charge in [0.05, 0.1) is 6.54 Å². The van der Waals surface area contributed by atoms with Gasteiger partial charge in [-0.2, -0.15) is 0 Å². The number of halogens is 1. The molecule has 1 aliphatic heterocycles. The van der Waals surface area contributed by atoms with E-state index < -0.39 is 11.8 Å². The molecule has 7 heteroatoms. The van der Waals surface area contributed by atoms with E-state index in [1.54, 1.807) is 18.2 Å². The molecule has 0 saturated carbocycles. The lowest BCUT2D eigenvalue weighted by atomic mass is 9.99. The van der Waals surface area contributed by atoms with Gasteiger partial charge in [-0.15, -0.1) is 12.3 Å². The van der Waals surface area contributed by atoms with E-state index in [1.165, 1.54) is 4.90 Å². The van der Waals surface area contributed by atoms with E-state index in [4.69, 9.17) is 22.5 Å². The van der Waals surface area contributed by atoms with Crippen LogP contribution in [0, 0.1) is 18.3 Å². The number of likely N-dealkylation sites (tertiary alicyclic amines) is 1. The lowest BCUT2D eigenvalue weighted by molar-refractivity contribution is -0.146. The monoisotopic (exact) mass is 371 g/mol. The van der Waals surface area contributed by atoms with Crippen LogP contribution in [0.4, 0.5) is 0 Å². The van der Waals surface area contributed by atoms with Crippen molar-refractivity contribution in [3.63, 3.8) is 0 Å². The molecule has 1 aromatic heterocycles. The second-order valence-electron chi connectivity index (χ2n) is 6.13. The Balaban J connectivity index is 1.56. The molecule has 0 bridgehead atoms. The molecule has 0 radical (unpaired) electrons. The molecule has 134 valence electrons. The summed E-state index contributed by atoms with van der Waals surface area (Å²) in [4.78, 5) is 25.8. The Kier molecular flexibility index (Phi) is 5.59. The van der Waals surface area contributed by atoms with Crippen molar-refractivity contribution in [3.8, 4) is 23.7 Å². The lowest BCUT2D eigenvalue weighted by Crippen LogP contribution is -2.47. The molecule has 1 atom stereocenters. The number of aromatic nitrogens is 1. The summed E-state index contributed by atoms with van der Waals surface area (Å²) in [6.07, 6.45) is 7.11. The summed E-state index contributed by atoms with van der Waals surface area (Å²) in [7, 11) is 0. The summed E-state index contributed by atoms with van der Waals surface area (Å²) in [6, 6.07) is 8.87. The zero-order chi connectivity index (χ0) is 18.5.